The van der Waals surface area contributed by atoms with E-state index in [1.54, 1.807) is 14.2 Å². The van der Waals surface area contributed by atoms with Crippen molar-refractivity contribution in [2.45, 2.75) is 13.0 Å². The number of aromatic nitrogens is 1. The molecular formula is C14H25N3O2. The molecule has 0 radical (unpaired) electrons. The van der Waals surface area contributed by atoms with Crippen molar-refractivity contribution in [1.29, 1.82) is 0 Å². The van der Waals surface area contributed by atoms with Gasteiger partial charge >= 0.3 is 0 Å². The molecule has 5 nitrogen and oxygen atoms in total. The summed E-state index contributed by atoms with van der Waals surface area (Å²) in [6, 6.07) is 4.05. The lowest BCUT2D eigenvalue weighted by Gasteiger charge is -2.21. The van der Waals surface area contributed by atoms with Crippen molar-refractivity contribution in [3.05, 3.63) is 24.0 Å². The van der Waals surface area contributed by atoms with Crippen LogP contribution in [-0.4, -0.2) is 57.5 Å². The third-order valence-electron chi connectivity index (χ3n) is 2.93. The molecule has 5 heteroatoms. The molecule has 1 N–H and O–H groups in total. The van der Waals surface area contributed by atoms with Crippen LogP contribution >= 0.6 is 0 Å². The lowest BCUT2D eigenvalue weighted by molar-refractivity contribution is 0.128. The lowest BCUT2D eigenvalue weighted by Crippen LogP contribution is -2.29. The largest absolute Gasteiger partial charge is 0.388 e. The van der Waals surface area contributed by atoms with Gasteiger partial charge in [-0.25, -0.2) is 0 Å². The Hall–Kier alpha value is -1.17. The van der Waals surface area contributed by atoms with Crippen molar-refractivity contribution in [2.75, 3.05) is 52.9 Å². The molecular weight excluding hydrogens is 242 g/mol. The fourth-order valence-electron chi connectivity index (χ4n) is 1.87. The molecule has 0 bridgehead atoms. The van der Waals surface area contributed by atoms with Crippen LogP contribution in [0.25, 0.3) is 0 Å². The highest BCUT2D eigenvalue weighted by atomic mass is 16.5. The van der Waals surface area contributed by atoms with Gasteiger partial charge in [-0.1, -0.05) is 0 Å². The second kappa shape index (κ2) is 9.72. The number of hydrogen-bond acceptors (Lipinski definition) is 5. The molecule has 1 heterocycles. The zero-order valence-electron chi connectivity index (χ0n) is 12.2. The Bertz CT molecular complexity index is 347. The van der Waals surface area contributed by atoms with E-state index in [2.05, 4.69) is 21.3 Å². The molecule has 0 aliphatic carbocycles. The van der Waals surface area contributed by atoms with E-state index in [0.717, 1.165) is 50.7 Å². The summed E-state index contributed by atoms with van der Waals surface area (Å²) in [5, 5.41) is 3.13. The molecule has 0 aliphatic heterocycles. The number of nitrogens with zero attached hydrogens (tertiary/aromatic N) is 2. The Labute approximate surface area is 115 Å². The van der Waals surface area contributed by atoms with Crippen LogP contribution in [0, 0.1) is 0 Å². The van der Waals surface area contributed by atoms with E-state index in [0.29, 0.717) is 0 Å². The highest BCUT2D eigenvalue weighted by molar-refractivity contribution is 5.42. The minimum Gasteiger partial charge on any atom is -0.388 e. The van der Waals surface area contributed by atoms with E-state index in [1.165, 1.54) is 0 Å². The van der Waals surface area contributed by atoms with Gasteiger partial charge in [0.05, 0.1) is 12.3 Å². The van der Waals surface area contributed by atoms with Crippen LogP contribution in [0.5, 0.6) is 0 Å². The van der Waals surface area contributed by atoms with Crippen molar-refractivity contribution >= 4 is 5.69 Å². The molecule has 0 unspecified atom stereocenters. The first-order valence-corrected chi connectivity index (χ1v) is 6.63. The molecule has 0 amide bonds. The summed E-state index contributed by atoms with van der Waals surface area (Å²) in [6.45, 7) is 4.25. The van der Waals surface area contributed by atoms with Crippen LogP contribution in [0.3, 0.4) is 0 Å². The lowest BCUT2D eigenvalue weighted by atomic mass is 10.3. The van der Waals surface area contributed by atoms with Crippen LogP contribution in [0.15, 0.2) is 18.3 Å². The predicted molar refractivity (Wildman–Crippen MR) is 77.4 cm³/mol. The monoisotopic (exact) mass is 267 g/mol. The Morgan fingerprint density at radius 2 is 2.00 bits per heavy atom. The fraction of sp³-hybridized carbons (Fsp3) is 0.643. The summed E-state index contributed by atoms with van der Waals surface area (Å²) in [5.74, 6) is 0. The Kier molecular flexibility index (Phi) is 8.13. The van der Waals surface area contributed by atoms with E-state index < -0.39 is 0 Å². The Morgan fingerprint density at radius 3 is 2.68 bits per heavy atom. The summed E-state index contributed by atoms with van der Waals surface area (Å²) >= 11 is 0. The zero-order chi connectivity index (χ0) is 13.9. The quantitative estimate of drug-likeness (QED) is 0.653. The van der Waals surface area contributed by atoms with Crippen molar-refractivity contribution in [1.82, 2.24) is 9.88 Å². The molecule has 0 aromatic carbocycles. The SMILES string of the molecule is CNc1ccnc(CN(CCCOC)CCOC)c1. The maximum atomic E-state index is 5.16. The predicted octanol–water partition coefficient (Wildman–Crippen LogP) is 1.61. The maximum absolute atomic E-state index is 5.16. The van der Waals surface area contributed by atoms with Crippen LogP contribution in [-0.2, 0) is 16.0 Å². The van der Waals surface area contributed by atoms with Gasteiger partial charge in [-0.15, -0.1) is 0 Å². The smallest absolute Gasteiger partial charge is 0.0589 e. The fourth-order valence-corrected chi connectivity index (χ4v) is 1.87. The minimum atomic E-state index is 0.735. The molecule has 0 aliphatic rings. The summed E-state index contributed by atoms with van der Waals surface area (Å²) in [7, 11) is 5.38. The molecule has 19 heavy (non-hydrogen) atoms. The van der Waals surface area contributed by atoms with Crippen molar-refractivity contribution in [3.63, 3.8) is 0 Å². The van der Waals surface area contributed by atoms with E-state index in [1.807, 2.05) is 19.3 Å². The topological polar surface area (TPSA) is 46.6 Å². The maximum Gasteiger partial charge on any atom is 0.0589 e. The average molecular weight is 267 g/mol. The van der Waals surface area contributed by atoms with E-state index >= 15 is 0 Å². The van der Waals surface area contributed by atoms with Crippen molar-refractivity contribution in [2.24, 2.45) is 0 Å². The minimum absolute atomic E-state index is 0.735. The first-order chi connectivity index (χ1) is 9.30. The van der Waals surface area contributed by atoms with Gasteiger partial charge in [0.25, 0.3) is 0 Å². The number of methoxy groups -OCH3 is 2. The van der Waals surface area contributed by atoms with Crippen molar-refractivity contribution < 1.29 is 9.47 Å². The number of nitrogens with one attached hydrogen (secondary N) is 1. The third kappa shape index (κ3) is 6.52. The van der Waals surface area contributed by atoms with Crippen molar-refractivity contribution in [3.8, 4) is 0 Å². The van der Waals surface area contributed by atoms with Gasteiger partial charge in [0.2, 0.25) is 0 Å². The second-order valence-corrected chi connectivity index (χ2v) is 4.40. The summed E-state index contributed by atoms with van der Waals surface area (Å²) in [4.78, 5) is 6.75. The molecule has 0 saturated carbocycles. The number of anilines is 1. The summed E-state index contributed by atoms with van der Waals surface area (Å²) < 4.78 is 10.3. The molecule has 1 aromatic rings. The Balaban J connectivity index is 2.53. The molecule has 0 saturated heterocycles. The van der Waals surface area contributed by atoms with Gasteiger partial charge in [0, 0.05) is 59.4 Å². The first-order valence-electron chi connectivity index (χ1n) is 6.63. The zero-order valence-corrected chi connectivity index (χ0v) is 12.2. The number of ether oxygens (including phenoxy) is 2. The first kappa shape index (κ1) is 15.9. The highest BCUT2D eigenvalue weighted by Crippen LogP contribution is 2.09. The highest BCUT2D eigenvalue weighted by Gasteiger charge is 2.07. The molecule has 1 rings (SSSR count). The molecule has 1 aromatic heterocycles. The molecule has 108 valence electrons. The standard InChI is InChI=1S/C14H25N3O2/c1-15-13-5-6-16-14(11-13)12-17(8-10-19-3)7-4-9-18-2/h5-6,11H,4,7-10,12H2,1-3H3,(H,15,16). The average Bonchev–Trinajstić information content (AvgIpc) is 2.45. The van der Waals surface area contributed by atoms with Gasteiger partial charge in [-0.05, 0) is 18.6 Å². The van der Waals surface area contributed by atoms with Gasteiger partial charge < -0.3 is 14.8 Å². The van der Waals surface area contributed by atoms with Gasteiger partial charge in [0.15, 0.2) is 0 Å². The van der Waals surface area contributed by atoms with Gasteiger partial charge in [-0.3, -0.25) is 9.88 Å². The summed E-state index contributed by atoms with van der Waals surface area (Å²) in [5.41, 5.74) is 2.16. The van der Waals surface area contributed by atoms with Crippen LogP contribution in [0.4, 0.5) is 5.69 Å². The van der Waals surface area contributed by atoms with E-state index in [4.69, 9.17) is 9.47 Å². The van der Waals surface area contributed by atoms with Gasteiger partial charge in [-0.2, -0.15) is 0 Å². The number of pyridine rings is 1. The van der Waals surface area contributed by atoms with Crippen LogP contribution < -0.4 is 5.32 Å². The molecule has 0 fully saturated rings. The number of rotatable bonds is 10. The third-order valence-corrected chi connectivity index (χ3v) is 2.93. The molecule has 0 atom stereocenters. The summed E-state index contributed by atoms with van der Waals surface area (Å²) in [6.07, 6.45) is 2.86. The van der Waals surface area contributed by atoms with Gasteiger partial charge in [0.1, 0.15) is 0 Å². The van der Waals surface area contributed by atoms with Crippen LogP contribution in [0.2, 0.25) is 0 Å². The van der Waals surface area contributed by atoms with E-state index in [9.17, 15) is 0 Å². The Morgan fingerprint density at radius 1 is 1.21 bits per heavy atom. The normalized spacial score (nSPS) is 10.9. The van der Waals surface area contributed by atoms with Crippen LogP contribution in [0.1, 0.15) is 12.1 Å². The van der Waals surface area contributed by atoms with E-state index in [-0.39, 0.29) is 0 Å². The number of hydrogen-bond donors (Lipinski definition) is 1. The second-order valence-electron chi connectivity index (χ2n) is 4.40. The molecule has 0 spiro atoms.